The Morgan fingerprint density at radius 1 is 1.19 bits per heavy atom. The van der Waals surface area contributed by atoms with Crippen molar-refractivity contribution < 1.29 is 9.53 Å². The van der Waals surface area contributed by atoms with Gasteiger partial charge in [0, 0.05) is 0 Å². The lowest BCUT2D eigenvalue weighted by Gasteiger charge is -2.23. The van der Waals surface area contributed by atoms with Gasteiger partial charge in [0.2, 0.25) is 0 Å². The summed E-state index contributed by atoms with van der Waals surface area (Å²) in [5.41, 5.74) is 2.79. The molecule has 0 spiro atoms. The number of hydrogen-bond acceptors (Lipinski definition) is 2. The molecule has 1 aromatic carbocycles. The minimum absolute atomic E-state index is 0.167. The quantitative estimate of drug-likeness (QED) is 0.731. The third-order valence-corrected chi connectivity index (χ3v) is 2.73. The Hall–Kier alpha value is -1.31. The molecular formula is C14H20O2. The molecule has 0 saturated heterocycles. The van der Waals surface area contributed by atoms with Gasteiger partial charge in [-0.2, -0.15) is 0 Å². The molecule has 0 bridgehead atoms. The van der Waals surface area contributed by atoms with Gasteiger partial charge in [-0.1, -0.05) is 29.3 Å². The summed E-state index contributed by atoms with van der Waals surface area (Å²) in [5.74, 6) is -0.167. The van der Waals surface area contributed by atoms with Gasteiger partial charge in [0.25, 0.3) is 0 Å². The second kappa shape index (κ2) is 4.69. The lowest BCUT2D eigenvalue weighted by molar-refractivity contribution is -0.148. The first-order valence-corrected chi connectivity index (χ1v) is 5.64. The summed E-state index contributed by atoms with van der Waals surface area (Å²) in [6, 6.07) is 6.19. The Labute approximate surface area is 97.6 Å². The van der Waals surface area contributed by atoms with Crippen molar-refractivity contribution >= 4 is 5.97 Å². The SMILES string of the molecule is CCOC(=O)C(C)(C)c1cc(C)cc(C)c1. The molecule has 0 saturated carbocycles. The normalized spacial score (nSPS) is 11.3. The number of esters is 1. The van der Waals surface area contributed by atoms with Crippen LogP contribution in [0.4, 0.5) is 0 Å². The molecule has 0 atom stereocenters. The zero-order chi connectivity index (χ0) is 12.3. The van der Waals surface area contributed by atoms with Gasteiger partial charge >= 0.3 is 5.97 Å². The van der Waals surface area contributed by atoms with Crippen molar-refractivity contribution in [1.82, 2.24) is 0 Å². The molecule has 0 aromatic heterocycles. The molecule has 1 aromatic rings. The van der Waals surface area contributed by atoms with E-state index in [0.29, 0.717) is 6.61 Å². The average Bonchev–Trinajstić information content (AvgIpc) is 2.16. The second-order valence-electron chi connectivity index (χ2n) is 4.72. The number of benzene rings is 1. The Balaban J connectivity index is 3.10. The van der Waals surface area contributed by atoms with Gasteiger partial charge in [-0.05, 0) is 40.2 Å². The Morgan fingerprint density at radius 3 is 2.12 bits per heavy atom. The van der Waals surface area contributed by atoms with Crippen molar-refractivity contribution in [2.24, 2.45) is 0 Å². The number of aryl methyl sites for hydroxylation is 2. The van der Waals surface area contributed by atoms with E-state index in [-0.39, 0.29) is 5.97 Å². The Kier molecular flexibility index (Phi) is 3.74. The highest BCUT2D eigenvalue weighted by Crippen LogP contribution is 2.26. The van der Waals surface area contributed by atoms with Gasteiger partial charge in [0.1, 0.15) is 0 Å². The van der Waals surface area contributed by atoms with E-state index in [4.69, 9.17) is 4.74 Å². The van der Waals surface area contributed by atoms with E-state index in [9.17, 15) is 4.79 Å². The number of rotatable bonds is 3. The number of carbonyl (C=O) groups is 1. The van der Waals surface area contributed by atoms with Crippen LogP contribution >= 0.6 is 0 Å². The van der Waals surface area contributed by atoms with E-state index >= 15 is 0 Å². The molecule has 0 unspecified atom stereocenters. The van der Waals surface area contributed by atoms with Crippen molar-refractivity contribution in [2.75, 3.05) is 6.61 Å². The zero-order valence-electron chi connectivity index (χ0n) is 10.8. The van der Waals surface area contributed by atoms with Gasteiger partial charge in [0.05, 0.1) is 12.0 Å². The van der Waals surface area contributed by atoms with E-state index in [2.05, 4.69) is 6.07 Å². The standard InChI is InChI=1S/C14H20O2/c1-6-16-13(15)14(4,5)12-8-10(2)7-11(3)9-12/h7-9H,6H2,1-5H3. The molecule has 0 aliphatic heterocycles. The summed E-state index contributed by atoms with van der Waals surface area (Å²) >= 11 is 0. The van der Waals surface area contributed by atoms with Crippen molar-refractivity contribution in [1.29, 1.82) is 0 Å². The monoisotopic (exact) mass is 220 g/mol. The van der Waals surface area contributed by atoms with E-state index < -0.39 is 5.41 Å². The summed E-state index contributed by atoms with van der Waals surface area (Å²) in [4.78, 5) is 11.9. The highest BCUT2D eigenvalue weighted by molar-refractivity contribution is 5.82. The van der Waals surface area contributed by atoms with Crippen LogP contribution in [0.5, 0.6) is 0 Å². The summed E-state index contributed by atoms with van der Waals surface area (Å²) in [7, 11) is 0. The fraction of sp³-hybridized carbons (Fsp3) is 0.500. The molecular weight excluding hydrogens is 200 g/mol. The molecule has 1 rings (SSSR count). The van der Waals surface area contributed by atoms with Crippen molar-refractivity contribution in [2.45, 2.75) is 40.0 Å². The molecule has 0 radical (unpaired) electrons. The number of hydrogen-bond donors (Lipinski definition) is 0. The summed E-state index contributed by atoms with van der Waals surface area (Å²) < 4.78 is 5.10. The minimum Gasteiger partial charge on any atom is -0.465 e. The lowest BCUT2D eigenvalue weighted by atomic mass is 9.83. The van der Waals surface area contributed by atoms with Gasteiger partial charge in [-0.25, -0.2) is 0 Å². The number of carbonyl (C=O) groups excluding carboxylic acids is 1. The van der Waals surface area contributed by atoms with Gasteiger partial charge in [-0.3, -0.25) is 4.79 Å². The maximum absolute atomic E-state index is 11.9. The third-order valence-electron chi connectivity index (χ3n) is 2.73. The topological polar surface area (TPSA) is 26.3 Å². The molecule has 0 fully saturated rings. The molecule has 0 heterocycles. The smallest absolute Gasteiger partial charge is 0.315 e. The summed E-state index contributed by atoms with van der Waals surface area (Å²) in [5, 5.41) is 0. The van der Waals surface area contributed by atoms with Crippen LogP contribution in [-0.4, -0.2) is 12.6 Å². The van der Waals surface area contributed by atoms with Crippen LogP contribution in [-0.2, 0) is 14.9 Å². The van der Waals surface area contributed by atoms with Crippen LogP contribution in [0.3, 0.4) is 0 Å². The highest BCUT2D eigenvalue weighted by Gasteiger charge is 2.31. The average molecular weight is 220 g/mol. The van der Waals surface area contributed by atoms with E-state index in [0.717, 1.165) is 5.56 Å². The van der Waals surface area contributed by atoms with Gasteiger partial charge in [0.15, 0.2) is 0 Å². The van der Waals surface area contributed by atoms with Crippen molar-refractivity contribution in [3.05, 3.63) is 34.9 Å². The van der Waals surface area contributed by atoms with Gasteiger partial charge in [-0.15, -0.1) is 0 Å². The van der Waals surface area contributed by atoms with Crippen LogP contribution in [0.2, 0.25) is 0 Å². The molecule has 0 aliphatic rings. The first-order valence-electron chi connectivity index (χ1n) is 5.64. The largest absolute Gasteiger partial charge is 0.465 e. The maximum atomic E-state index is 11.9. The minimum atomic E-state index is -0.577. The first-order chi connectivity index (χ1) is 7.37. The molecule has 2 nitrogen and oxygen atoms in total. The van der Waals surface area contributed by atoms with Gasteiger partial charge < -0.3 is 4.74 Å². The van der Waals surface area contributed by atoms with Crippen LogP contribution in [0.1, 0.15) is 37.5 Å². The van der Waals surface area contributed by atoms with Crippen molar-refractivity contribution in [3.63, 3.8) is 0 Å². The molecule has 0 aliphatic carbocycles. The van der Waals surface area contributed by atoms with E-state index in [1.54, 1.807) is 0 Å². The fourth-order valence-corrected chi connectivity index (χ4v) is 1.76. The first kappa shape index (κ1) is 12.8. The molecule has 0 N–H and O–H groups in total. The van der Waals surface area contributed by atoms with E-state index in [1.165, 1.54) is 11.1 Å². The Morgan fingerprint density at radius 2 is 1.69 bits per heavy atom. The predicted molar refractivity (Wildman–Crippen MR) is 65.6 cm³/mol. The number of ether oxygens (including phenoxy) is 1. The predicted octanol–water partition coefficient (Wildman–Crippen LogP) is 3.14. The molecule has 2 heteroatoms. The van der Waals surface area contributed by atoms with Crippen molar-refractivity contribution in [3.8, 4) is 0 Å². The van der Waals surface area contributed by atoms with Crippen LogP contribution in [0, 0.1) is 13.8 Å². The zero-order valence-corrected chi connectivity index (χ0v) is 10.8. The third kappa shape index (κ3) is 2.63. The van der Waals surface area contributed by atoms with E-state index in [1.807, 2.05) is 46.8 Å². The molecule has 0 amide bonds. The van der Waals surface area contributed by atoms with Crippen LogP contribution in [0.25, 0.3) is 0 Å². The molecule has 88 valence electrons. The fourth-order valence-electron chi connectivity index (χ4n) is 1.76. The summed E-state index contributed by atoms with van der Waals surface area (Å²) in [6.07, 6.45) is 0. The second-order valence-corrected chi connectivity index (χ2v) is 4.72. The Bertz CT molecular complexity index is 371. The van der Waals surface area contributed by atoms with Crippen LogP contribution < -0.4 is 0 Å². The highest BCUT2D eigenvalue weighted by atomic mass is 16.5. The molecule has 16 heavy (non-hydrogen) atoms. The summed E-state index contributed by atoms with van der Waals surface area (Å²) in [6.45, 7) is 10.1. The van der Waals surface area contributed by atoms with Crippen LogP contribution in [0.15, 0.2) is 18.2 Å². The maximum Gasteiger partial charge on any atom is 0.315 e. The lowest BCUT2D eigenvalue weighted by Crippen LogP contribution is -2.31.